The molecule has 3 aromatic rings. The van der Waals surface area contributed by atoms with Gasteiger partial charge in [-0.05, 0) is 61.2 Å². The summed E-state index contributed by atoms with van der Waals surface area (Å²) in [6.07, 6.45) is 1.97. The molecule has 0 spiro atoms. The number of ether oxygens (including phenoxy) is 3. The van der Waals surface area contributed by atoms with Crippen molar-refractivity contribution in [3.8, 4) is 11.5 Å². The molecule has 3 heterocycles. The van der Waals surface area contributed by atoms with E-state index in [-0.39, 0.29) is 17.1 Å². The van der Waals surface area contributed by atoms with Crippen LogP contribution in [0.25, 0.3) is 11.0 Å². The molecule has 8 heteroatoms. The summed E-state index contributed by atoms with van der Waals surface area (Å²) in [5.74, 6) is 1.08. The third-order valence-corrected chi connectivity index (χ3v) is 7.60. The summed E-state index contributed by atoms with van der Waals surface area (Å²) >= 11 is 0. The second-order valence-corrected chi connectivity index (χ2v) is 10.1. The lowest BCUT2D eigenvalue weighted by Gasteiger charge is -2.31. The van der Waals surface area contributed by atoms with Crippen LogP contribution in [0.15, 0.2) is 39.5 Å². The van der Waals surface area contributed by atoms with E-state index in [9.17, 15) is 9.59 Å². The molecule has 2 aliphatic heterocycles. The predicted octanol–water partition coefficient (Wildman–Crippen LogP) is 4.47. The standard InChI is InChI=1S/C30H36N2O6/c1-5-6-13-37-23-8-7-21(18-25(23)35-4)27-26-28(33)22-16-19(2)20(3)17-24(22)38-29(26)30(34)32(27)10-9-31-11-14-36-15-12-31/h7-8,16-18,27H,5-6,9-15H2,1-4H3. The second-order valence-electron chi connectivity index (χ2n) is 10.1. The second kappa shape index (κ2) is 11.2. The lowest BCUT2D eigenvalue weighted by molar-refractivity contribution is 0.0314. The molecule has 0 N–H and O–H groups in total. The fraction of sp³-hybridized carbons (Fsp3) is 0.467. The maximum atomic E-state index is 13.9. The monoisotopic (exact) mass is 520 g/mol. The molecular weight excluding hydrogens is 484 g/mol. The SMILES string of the molecule is CCCCOc1ccc(C2c3c(oc4cc(C)c(C)cc4c3=O)C(=O)N2CCN2CCOCC2)cc1OC. The van der Waals surface area contributed by atoms with Crippen molar-refractivity contribution in [3.63, 3.8) is 0 Å². The van der Waals surface area contributed by atoms with Gasteiger partial charge in [-0.25, -0.2) is 0 Å². The van der Waals surface area contributed by atoms with Crippen LogP contribution in [-0.4, -0.2) is 68.8 Å². The minimum absolute atomic E-state index is 0.125. The van der Waals surface area contributed by atoms with E-state index in [4.69, 9.17) is 18.6 Å². The van der Waals surface area contributed by atoms with Gasteiger partial charge >= 0.3 is 0 Å². The van der Waals surface area contributed by atoms with Crippen molar-refractivity contribution in [2.24, 2.45) is 0 Å². The zero-order valence-corrected chi connectivity index (χ0v) is 22.7. The minimum atomic E-state index is -0.584. The fourth-order valence-corrected chi connectivity index (χ4v) is 5.23. The number of benzene rings is 2. The Labute approximate surface area is 223 Å². The summed E-state index contributed by atoms with van der Waals surface area (Å²) in [5.41, 5.74) is 3.46. The summed E-state index contributed by atoms with van der Waals surface area (Å²) in [4.78, 5) is 31.8. The number of fused-ring (bicyclic) bond motifs is 2. The third-order valence-electron chi connectivity index (χ3n) is 7.60. The minimum Gasteiger partial charge on any atom is -0.493 e. The molecule has 38 heavy (non-hydrogen) atoms. The van der Waals surface area contributed by atoms with Gasteiger partial charge in [-0.3, -0.25) is 14.5 Å². The Hall–Kier alpha value is -3.36. The Bertz CT molecular complexity index is 1390. The van der Waals surface area contributed by atoms with Crippen molar-refractivity contribution in [3.05, 3.63) is 68.6 Å². The van der Waals surface area contributed by atoms with Crippen LogP contribution in [-0.2, 0) is 4.74 Å². The number of carbonyl (C=O) groups excluding carboxylic acids is 1. The maximum absolute atomic E-state index is 13.9. The van der Waals surface area contributed by atoms with E-state index in [1.54, 1.807) is 12.0 Å². The van der Waals surface area contributed by atoms with Crippen molar-refractivity contribution in [2.45, 2.75) is 39.7 Å². The molecule has 5 rings (SSSR count). The van der Waals surface area contributed by atoms with Gasteiger partial charge in [0, 0.05) is 26.2 Å². The molecule has 0 saturated carbocycles. The highest BCUT2D eigenvalue weighted by molar-refractivity contribution is 5.99. The van der Waals surface area contributed by atoms with Crippen molar-refractivity contribution >= 4 is 16.9 Å². The van der Waals surface area contributed by atoms with Crippen LogP contribution >= 0.6 is 0 Å². The fourth-order valence-electron chi connectivity index (χ4n) is 5.23. The highest BCUT2D eigenvalue weighted by Crippen LogP contribution is 2.41. The lowest BCUT2D eigenvalue weighted by atomic mass is 9.97. The van der Waals surface area contributed by atoms with Crippen molar-refractivity contribution in [2.75, 3.05) is 53.1 Å². The van der Waals surface area contributed by atoms with Crippen LogP contribution in [0.3, 0.4) is 0 Å². The maximum Gasteiger partial charge on any atom is 0.290 e. The first-order valence-electron chi connectivity index (χ1n) is 13.4. The number of carbonyl (C=O) groups is 1. The molecule has 0 bridgehead atoms. The van der Waals surface area contributed by atoms with Crippen LogP contribution < -0.4 is 14.9 Å². The van der Waals surface area contributed by atoms with Crippen molar-refractivity contribution < 1.29 is 23.4 Å². The van der Waals surface area contributed by atoms with Gasteiger partial charge < -0.3 is 23.5 Å². The largest absolute Gasteiger partial charge is 0.493 e. The molecule has 1 amide bonds. The first-order chi connectivity index (χ1) is 18.4. The Morgan fingerprint density at radius 1 is 1.00 bits per heavy atom. The highest BCUT2D eigenvalue weighted by Gasteiger charge is 2.43. The Morgan fingerprint density at radius 3 is 2.50 bits per heavy atom. The molecule has 1 aromatic heterocycles. The number of amides is 1. The van der Waals surface area contributed by atoms with Crippen LogP contribution in [0.1, 0.15) is 58.6 Å². The van der Waals surface area contributed by atoms with Gasteiger partial charge in [0.15, 0.2) is 16.9 Å². The summed E-state index contributed by atoms with van der Waals surface area (Å²) in [6.45, 7) is 10.8. The van der Waals surface area contributed by atoms with E-state index in [2.05, 4.69) is 11.8 Å². The van der Waals surface area contributed by atoms with Crippen LogP contribution in [0.5, 0.6) is 11.5 Å². The summed E-state index contributed by atoms with van der Waals surface area (Å²) < 4.78 is 23.2. The number of methoxy groups -OCH3 is 1. The zero-order chi connectivity index (χ0) is 26.8. The average Bonchev–Trinajstić information content (AvgIpc) is 3.21. The number of unbranched alkanes of at least 4 members (excludes halogenated alkanes) is 1. The molecule has 2 aromatic carbocycles. The van der Waals surface area contributed by atoms with Gasteiger partial charge in [0.2, 0.25) is 5.76 Å². The van der Waals surface area contributed by atoms with Gasteiger partial charge in [0.05, 0.1) is 43.9 Å². The van der Waals surface area contributed by atoms with E-state index < -0.39 is 6.04 Å². The summed E-state index contributed by atoms with van der Waals surface area (Å²) in [5, 5.41) is 0.492. The third kappa shape index (κ3) is 4.90. The summed E-state index contributed by atoms with van der Waals surface area (Å²) in [7, 11) is 1.60. The molecule has 1 saturated heterocycles. The quantitative estimate of drug-likeness (QED) is 0.385. The van der Waals surface area contributed by atoms with Crippen LogP contribution in [0, 0.1) is 13.8 Å². The smallest absolute Gasteiger partial charge is 0.290 e. The number of hydrogen-bond acceptors (Lipinski definition) is 7. The van der Waals surface area contributed by atoms with Gasteiger partial charge in [-0.1, -0.05) is 19.4 Å². The molecule has 8 nitrogen and oxygen atoms in total. The molecule has 202 valence electrons. The van der Waals surface area contributed by atoms with E-state index in [0.29, 0.717) is 60.9 Å². The average molecular weight is 521 g/mol. The number of nitrogens with zero attached hydrogens (tertiary/aromatic N) is 2. The topological polar surface area (TPSA) is 81.5 Å². The molecular formula is C30H36N2O6. The number of aryl methyl sites for hydroxylation is 2. The van der Waals surface area contributed by atoms with Gasteiger partial charge in [0.1, 0.15) is 5.58 Å². The van der Waals surface area contributed by atoms with E-state index in [1.807, 2.05) is 44.2 Å². The van der Waals surface area contributed by atoms with Gasteiger partial charge in [0.25, 0.3) is 5.91 Å². The molecule has 1 atom stereocenters. The first kappa shape index (κ1) is 26.3. The lowest BCUT2D eigenvalue weighted by Crippen LogP contribution is -2.42. The number of morpholine rings is 1. The van der Waals surface area contributed by atoms with Crippen molar-refractivity contribution in [1.29, 1.82) is 0 Å². The Balaban J connectivity index is 1.59. The Morgan fingerprint density at radius 2 is 1.76 bits per heavy atom. The van der Waals surface area contributed by atoms with E-state index in [0.717, 1.165) is 42.6 Å². The molecule has 0 aliphatic carbocycles. The number of hydrogen-bond donors (Lipinski definition) is 0. The van der Waals surface area contributed by atoms with Gasteiger partial charge in [-0.15, -0.1) is 0 Å². The number of rotatable bonds is 9. The van der Waals surface area contributed by atoms with Crippen molar-refractivity contribution in [1.82, 2.24) is 9.80 Å². The van der Waals surface area contributed by atoms with Gasteiger partial charge in [-0.2, -0.15) is 0 Å². The van der Waals surface area contributed by atoms with E-state index >= 15 is 0 Å². The summed E-state index contributed by atoms with van der Waals surface area (Å²) in [6, 6.07) is 8.78. The molecule has 0 radical (unpaired) electrons. The molecule has 1 fully saturated rings. The van der Waals surface area contributed by atoms with Crippen LogP contribution in [0.2, 0.25) is 0 Å². The normalized spacial score (nSPS) is 17.7. The molecule has 1 unspecified atom stereocenters. The van der Waals surface area contributed by atoms with Crippen LogP contribution in [0.4, 0.5) is 0 Å². The Kier molecular flexibility index (Phi) is 7.72. The zero-order valence-electron chi connectivity index (χ0n) is 22.7. The predicted molar refractivity (Wildman–Crippen MR) is 145 cm³/mol. The first-order valence-corrected chi connectivity index (χ1v) is 13.4. The highest BCUT2D eigenvalue weighted by atomic mass is 16.5. The molecule has 2 aliphatic rings. The van der Waals surface area contributed by atoms with E-state index in [1.165, 1.54) is 0 Å².